The summed E-state index contributed by atoms with van der Waals surface area (Å²) in [6.45, 7) is -0.276. The normalized spacial score (nSPS) is 9.38. The van der Waals surface area contributed by atoms with Gasteiger partial charge in [0.05, 0.1) is 5.69 Å². The fourth-order valence-electron chi connectivity index (χ4n) is 1.62. The van der Waals surface area contributed by atoms with Gasteiger partial charge >= 0.3 is 5.97 Å². The van der Waals surface area contributed by atoms with Crippen molar-refractivity contribution in [3.8, 4) is 5.75 Å². The molecule has 1 heterocycles. The van der Waals surface area contributed by atoms with Crippen molar-refractivity contribution in [2.45, 2.75) is 13.2 Å². The second-order valence-corrected chi connectivity index (χ2v) is 4.49. The topological polar surface area (TPSA) is 175 Å². The number of hydrogen-bond donors (Lipinski definition) is 2. The van der Waals surface area contributed by atoms with E-state index < -0.39 is 16.1 Å². The van der Waals surface area contributed by atoms with E-state index in [0.29, 0.717) is 11.3 Å². The van der Waals surface area contributed by atoms with E-state index in [0.717, 1.165) is 0 Å². The minimum Gasteiger partial charge on any atom is -0.507 e. The van der Waals surface area contributed by atoms with Crippen LogP contribution in [0.25, 0.3) is 0 Å². The zero-order valence-electron chi connectivity index (χ0n) is 13.0. The third kappa shape index (κ3) is 7.54. The van der Waals surface area contributed by atoms with Gasteiger partial charge in [0, 0.05) is 6.20 Å². The third-order valence-corrected chi connectivity index (χ3v) is 2.70. The largest absolute Gasteiger partial charge is 0.507 e. The molecule has 0 radical (unpaired) electrons. The predicted octanol–water partition coefficient (Wildman–Crippen LogP) is 1.50. The first-order valence-electron chi connectivity index (χ1n) is 6.79. The Labute approximate surface area is 145 Å². The van der Waals surface area contributed by atoms with E-state index in [1.54, 1.807) is 24.3 Å². The molecule has 0 aliphatic heterocycles. The summed E-state index contributed by atoms with van der Waals surface area (Å²) in [6, 6.07) is 9.19. The standard InChI is InChI=1S/C14H12N2O6.HNO3/c17-13-4-2-1-3-12(13)14(18)21-9-11-6-5-10(7-15-11)8-22-16(19)20;2-1(3)4/h1-7,17H,8-9H2;(H,2,3,4). The Bertz CT molecular complexity index is 761. The molecule has 1 aromatic carbocycles. The van der Waals surface area contributed by atoms with Gasteiger partial charge in [0.25, 0.3) is 10.2 Å². The number of pyridine rings is 1. The maximum absolute atomic E-state index is 11.8. The summed E-state index contributed by atoms with van der Waals surface area (Å²) in [6.07, 6.45) is 1.40. The first-order valence-corrected chi connectivity index (χ1v) is 6.79. The average Bonchev–Trinajstić information content (AvgIpc) is 2.58. The number of para-hydroxylation sites is 1. The highest BCUT2D eigenvalue weighted by Crippen LogP contribution is 2.17. The first kappa shape index (κ1) is 20.1. The Hall–Kier alpha value is -3.96. The summed E-state index contributed by atoms with van der Waals surface area (Å²) in [5.74, 6) is -0.826. The summed E-state index contributed by atoms with van der Waals surface area (Å²) in [5, 5.41) is 32.3. The molecule has 12 nitrogen and oxygen atoms in total. The third-order valence-electron chi connectivity index (χ3n) is 2.70. The van der Waals surface area contributed by atoms with E-state index in [1.165, 1.54) is 18.3 Å². The van der Waals surface area contributed by atoms with E-state index >= 15 is 0 Å². The van der Waals surface area contributed by atoms with Crippen LogP contribution >= 0.6 is 0 Å². The minimum atomic E-state index is -1.50. The second-order valence-electron chi connectivity index (χ2n) is 4.49. The highest BCUT2D eigenvalue weighted by Gasteiger charge is 2.12. The molecule has 0 aliphatic rings. The van der Waals surface area contributed by atoms with Gasteiger partial charge in [-0.05, 0) is 23.8 Å². The molecule has 0 fully saturated rings. The van der Waals surface area contributed by atoms with Gasteiger partial charge in [-0.25, -0.2) is 4.79 Å². The fraction of sp³-hybridized carbons (Fsp3) is 0.143. The molecule has 2 N–H and O–H groups in total. The van der Waals surface area contributed by atoms with Crippen molar-refractivity contribution in [3.05, 3.63) is 79.6 Å². The smallest absolute Gasteiger partial charge is 0.342 e. The van der Waals surface area contributed by atoms with Crippen LogP contribution in [0.3, 0.4) is 0 Å². The molecule has 138 valence electrons. The van der Waals surface area contributed by atoms with Crippen LogP contribution in [0.5, 0.6) is 5.75 Å². The molecular formula is C14H13N3O9. The molecule has 0 atom stereocenters. The second kappa shape index (κ2) is 10.0. The van der Waals surface area contributed by atoms with Gasteiger partial charge in [-0.1, -0.05) is 18.2 Å². The first-order chi connectivity index (χ1) is 12.3. The monoisotopic (exact) mass is 367 g/mol. The van der Waals surface area contributed by atoms with Crippen molar-refractivity contribution >= 4 is 5.97 Å². The SMILES string of the molecule is O=C(OCc1ccc(CO[N+](=O)[O-])cn1)c1ccccc1O.O=[N+]([O-])O. The average molecular weight is 367 g/mol. The summed E-state index contributed by atoms with van der Waals surface area (Å²) in [7, 11) is 0. The maximum atomic E-state index is 11.8. The summed E-state index contributed by atoms with van der Waals surface area (Å²) >= 11 is 0. The lowest BCUT2D eigenvalue weighted by atomic mass is 10.2. The number of hydrogen-bond acceptors (Lipinski definition) is 9. The van der Waals surface area contributed by atoms with Gasteiger partial charge in [-0.15, -0.1) is 20.2 Å². The van der Waals surface area contributed by atoms with E-state index in [2.05, 4.69) is 9.82 Å². The van der Waals surface area contributed by atoms with Gasteiger partial charge in [-0.2, -0.15) is 0 Å². The maximum Gasteiger partial charge on any atom is 0.342 e. The van der Waals surface area contributed by atoms with Crippen molar-refractivity contribution in [1.29, 1.82) is 0 Å². The van der Waals surface area contributed by atoms with Gasteiger partial charge in [-0.3, -0.25) is 4.98 Å². The predicted molar refractivity (Wildman–Crippen MR) is 82.0 cm³/mol. The van der Waals surface area contributed by atoms with Crippen LogP contribution in [0, 0.1) is 20.2 Å². The number of aromatic hydroxyl groups is 1. The van der Waals surface area contributed by atoms with E-state index in [1.807, 2.05) is 0 Å². The molecular weight excluding hydrogens is 354 g/mol. The molecule has 2 aromatic rings. The van der Waals surface area contributed by atoms with E-state index in [4.69, 9.17) is 20.1 Å². The van der Waals surface area contributed by atoms with Crippen LogP contribution in [0.1, 0.15) is 21.6 Å². The molecule has 0 amide bonds. The van der Waals surface area contributed by atoms with Crippen LogP contribution in [0.4, 0.5) is 0 Å². The van der Waals surface area contributed by atoms with Crippen LogP contribution in [-0.2, 0) is 22.8 Å². The molecule has 0 aliphatic carbocycles. The lowest BCUT2D eigenvalue weighted by Crippen LogP contribution is -2.07. The zero-order chi connectivity index (χ0) is 19.5. The molecule has 1 aromatic heterocycles. The van der Waals surface area contributed by atoms with Crippen molar-refractivity contribution < 1.29 is 34.9 Å². The van der Waals surface area contributed by atoms with Crippen LogP contribution < -0.4 is 0 Å². The van der Waals surface area contributed by atoms with Crippen molar-refractivity contribution in [3.63, 3.8) is 0 Å². The summed E-state index contributed by atoms with van der Waals surface area (Å²) in [5.41, 5.74) is 1.06. The van der Waals surface area contributed by atoms with Crippen LogP contribution in [-0.4, -0.2) is 31.4 Å². The Morgan fingerprint density at radius 3 is 2.31 bits per heavy atom. The van der Waals surface area contributed by atoms with Crippen molar-refractivity contribution in [2.75, 3.05) is 0 Å². The number of esters is 1. The number of aromatic nitrogens is 1. The fourth-order valence-corrected chi connectivity index (χ4v) is 1.62. The number of ether oxygens (including phenoxy) is 1. The van der Waals surface area contributed by atoms with Crippen LogP contribution in [0.2, 0.25) is 0 Å². The molecule has 0 saturated heterocycles. The number of phenols is 1. The summed E-state index contributed by atoms with van der Waals surface area (Å²) in [4.78, 5) is 38.4. The summed E-state index contributed by atoms with van der Waals surface area (Å²) < 4.78 is 5.03. The van der Waals surface area contributed by atoms with Gasteiger partial charge in [0.1, 0.15) is 24.5 Å². The number of phenolic OH excluding ortho intramolecular Hbond substituents is 1. The van der Waals surface area contributed by atoms with E-state index in [-0.39, 0.29) is 24.5 Å². The lowest BCUT2D eigenvalue weighted by molar-refractivity contribution is -0.763. The molecule has 0 spiro atoms. The number of carbonyl (C=O) groups is 1. The van der Waals surface area contributed by atoms with Crippen molar-refractivity contribution in [1.82, 2.24) is 4.98 Å². The highest BCUT2D eigenvalue weighted by atomic mass is 16.9. The van der Waals surface area contributed by atoms with Crippen molar-refractivity contribution in [2.24, 2.45) is 0 Å². The molecule has 12 heteroatoms. The molecule has 0 unspecified atom stereocenters. The molecule has 26 heavy (non-hydrogen) atoms. The Morgan fingerprint density at radius 2 is 1.77 bits per heavy atom. The number of nitrogens with zero attached hydrogens (tertiary/aromatic N) is 3. The molecule has 2 rings (SSSR count). The van der Waals surface area contributed by atoms with E-state index in [9.17, 15) is 20.0 Å². The van der Waals surface area contributed by atoms with Gasteiger partial charge in [0.2, 0.25) is 0 Å². The molecule has 0 bridgehead atoms. The number of benzene rings is 1. The minimum absolute atomic E-state index is 0.0681. The van der Waals surface area contributed by atoms with Crippen LogP contribution in [0.15, 0.2) is 42.6 Å². The Balaban J connectivity index is 0.000000765. The lowest BCUT2D eigenvalue weighted by Gasteiger charge is -2.06. The van der Waals surface area contributed by atoms with Gasteiger partial charge in [0.15, 0.2) is 0 Å². The Kier molecular flexibility index (Phi) is 7.74. The number of carbonyl (C=O) groups excluding carboxylic acids is 1. The Morgan fingerprint density at radius 1 is 1.12 bits per heavy atom. The van der Waals surface area contributed by atoms with Gasteiger partial charge < -0.3 is 19.9 Å². The highest BCUT2D eigenvalue weighted by molar-refractivity contribution is 5.92. The number of rotatable bonds is 6. The molecule has 0 saturated carbocycles. The quantitative estimate of drug-likeness (QED) is 0.432. The zero-order valence-corrected chi connectivity index (χ0v) is 13.0.